The SMILES string of the molecule is Cc1cc(C)cc(C(O)O)c1.Cc1cc(C)cc(C(O)O)c1.Cc1cc(C)cc(C(O)O)c1.Cc1cc(C)cc(C(O)O)c1.O.O.[Ti].[Ti]. The van der Waals surface area contributed by atoms with Gasteiger partial charge < -0.3 is 51.8 Å². The number of rotatable bonds is 4. The van der Waals surface area contributed by atoms with Crippen LogP contribution in [0.3, 0.4) is 0 Å². The van der Waals surface area contributed by atoms with Crippen molar-refractivity contribution in [3.63, 3.8) is 0 Å². The smallest absolute Gasteiger partial charge is 0.178 e. The minimum absolute atomic E-state index is 0. The van der Waals surface area contributed by atoms with Crippen LogP contribution in [0.15, 0.2) is 72.8 Å². The third-order valence-electron chi connectivity index (χ3n) is 6.17. The van der Waals surface area contributed by atoms with Crippen molar-refractivity contribution >= 4 is 0 Å². The first-order valence-corrected chi connectivity index (χ1v) is 14.1. The topological polar surface area (TPSA) is 225 Å². The van der Waals surface area contributed by atoms with Gasteiger partial charge in [-0.05, 0) is 55.4 Å². The van der Waals surface area contributed by atoms with E-state index in [1.54, 1.807) is 48.5 Å². The molecular formula is C36H52O10Ti2. The van der Waals surface area contributed by atoms with E-state index in [0.29, 0.717) is 22.3 Å². The van der Waals surface area contributed by atoms with Crippen molar-refractivity contribution < 1.29 is 95.2 Å². The van der Waals surface area contributed by atoms with Gasteiger partial charge in [0.15, 0.2) is 25.2 Å². The molecule has 0 aliphatic heterocycles. The Hall–Kier alpha value is -2.09. The Labute approximate surface area is 313 Å². The maximum atomic E-state index is 8.83. The predicted octanol–water partition coefficient (Wildman–Crippen LogP) is 3.49. The van der Waals surface area contributed by atoms with Crippen molar-refractivity contribution in [3.8, 4) is 0 Å². The number of aliphatic hydroxyl groups is 8. The molecule has 0 atom stereocenters. The second kappa shape index (κ2) is 25.8. The number of hydrogen-bond acceptors (Lipinski definition) is 8. The fraction of sp³-hybridized carbons (Fsp3) is 0.333. The van der Waals surface area contributed by atoms with Crippen LogP contribution in [-0.4, -0.2) is 51.8 Å². The number of hydrogen-bond donors (Lipinski definition) is 8. The molecule has 0 aromatic heterocycles. The third kappa shape index (κ3) is 21.1. The van der Waals surface area contributed by atoms with E-state index in [-0.39, 0.29) is 54.4 Å². The molecule has 12 N–H and O–H groups in total. The molecule has 0 amide bonds. The van der Waals surface area contributed by atoms with Crippen LogP contribution in [-0.2, 0) is 43.4 Å². The van der Waals surface area contributed by atoms with Crippen LogP contribution in [0.25, 0.3) is 0 Å². The second-order valence-corrected chi connectivity index (χ2v) is 11.2. The van der Waals surface area contributed by atoms with Gasteiger partial charge in [0, 0.05) is 65.7 Å². The van der Waals surface area contributed by atoms with Crippen molar-refractivity contribution in [1.82, 2.24) is 0 Å². The Morgan fingerprint density at radius 1 is 0.271 bits per heavy atom. The first-order chi connectivity index (χ1) is 20.4. The zero-order valence-corrected chi connectivity index (χ0v) is 31.9. The number of aliphatic hydroxyl groups excluding tert-OH is 4. The fourth-order valence-corrected chi connectivity index (χ4v) is 4.64. The molecule has 4 rings (SSSR count). The minimum Gasteiger partial charge on any atom is -0.412 e. The summed E-state index contributed by atoms with van der Waals surface area (Å²) in [7, 11) is 0. The summed E-state index contributed by atoms with van der Waals surface area (Å²) in [4.78, 5) is 0. The Bertz CT molecular complexity index is 1170. The van der Waals surface area contributed by atoms with Gasteiger partial charge in [-0.2, -0.15) is 0 Å². The predicted molar refractivity (Wildman–Crippen MR) is 180 cm³/mol. The normalized spacial score (nSPS) is 9.75. The van der Waals surface area contributed by atoms with Gasteiger partial charge in [0.2, 0.25) is 0 Å². The van der Waals surface area contributed by atoms with E-state index in [1.165, 1.54) is 0 Å². The molecular weight excluding hydrogens is 688 g/mol. The molecule has 0 saturated carbocycles. The van der Waals surface area contributed by atoms with E-state index in [9.17, 15) is 0 Å². The van der Waals surface area contributed by atoms with Crippen molar-refractivity contribution in [2.75, 3.05) is 0 Å². The molecule has 0 fully saturated rings. The molecule has 0 heterocycles. The molecule has 10 nitrogen and oxygen atoms in total. The maximum absolute atomic E-state index is 8.83. The zero-order chi connectivity index (χ0) is 33.7. The first kappa shape index (κ1) is 52.7. The van der Waals surface area contributed by atoms with E-state index in [1.807, 2.05) is 79.7 Å². The van der Waals surface area contributed by atoms with Crippen LogP contribution in [0.1, 0.15) is 91.9 Å². The maximum Gasteiger partial charge on any atom is 0.178 e. The Morgan fingerprint density at radius 3 is 0.458 bits per heavy atom. The van der Waals surface area contributed by atoms with Crippen molar-refractivity contribution in [2.45, 2.75) is 80.6 Å². The van der Waals surface area contributed by atoms with Crippen LogP contribution in [0.4, 0.5) is 0 Å². The van der Waals surface area contributed by atoms with Crippen molar-refractivity contribution in [1.29, 1.82) is 0 Å². The van der Waals surface area contributed by atoms with E-state index >= 15 is 0 Å². The molecule has 0 spiro atoms. The Kier molecular flexibility index (Phi) is 28.4. The largest absolute Gasteiger partial charge is 0.412 e. The molecule has 0 bridgehead atoms. The molecule has 12 heteroatoms. The van der Waals surface area contributed by atoms with Gasteiger partial charge in [0.25, 0.3) is 0 Å². The van der Waals surface area contributed by atoms with Gasteiger partial charge in [-0.1, -0.05) is 117 Å². The number of aryl methyl sites for hydroxylation is 8. The van der Waals surface area contributed by atoms with Crippen molar-refractivity contribution in [2.24, 2.45) is 0 Å². The molecule has 48 heavy (non-hydrogen) atoms. The average Bonchev–Trinajstić information content (AvgIpc) is 2.87. The third-order valence-corrected chi connectivity index (χ3v) is 6.17. The van der Waals surface area contributed by atoms with Gasteiger partial charge in [-0.25, -0.2) is 0 Å². The standard InChI is InChI=1S/4C9H12O2.2H2O.2Ti/c4*1-6-3-7(2)5-8(4-6)9(10)11;;;;/h4*3-5,9-11H,1-2H3;2*1H2;;. The summed E-state index contributed by atoms with van der Waals surface area (Å²) in [6.07, 6.45) is -5.41. The summed E-state index contributed by atoms with van der Waals surface area (Å²) < 4.78 is 0. The summed E-state index contributed by atoms with van der Waals surface area (Å²) in [6, 6.07) is 22.1. The van der Waals surface area contributed by atoms with Gasteiger partial charge in [-0.3, -0.25) is 0 Å². The molecule has 0 radical (unpaired) electrons. The summed E-state index contributed by atoms with van der Waals surface area (Å²) >= 11 is 0. The monoisotopic (exact) mass is 740 g/mol. The quantitative estimate of drug-likeness (QED) is 0.114. The number of benzene rings is 4. The van der Waals surface area contributed by atoms with Gasteiger partial charge in [0.05, 0.1) is 0 Å². The van der Waals surface area contributed by atoms with Gasteiger partial charge in [0.1, 0.15) is 0 Å². The first-order valence-electron chi connectivity index (χ1n) is 14.1. The average molecular weight is 741 g/mol. The molecule has 0 aliphatic carbocycles. The summed E-state index contributed by atoms with van der Waals surface area (Å²) in [5, 5.41) is 70.6. The van der Waals surface area contributed by atoms with Gasteiger partial charge in [-0.15, -0.1) is 0 Å². The molecule has 0 unspecified atom stereocenters. The summed E-state index contributed by atoms with van der Waals surface area (Å²) in [5.74, 6) is 0. The van der Waals surface area contributed by atoms with E-state index in [4.69, 9.17) is 40.9 Å². The van der Waals surface area contributed by atoms with Gasteiger partial charge >= 0.3 is 0 Å². The summed E-state index contributed by atoms with van der Waals surface area (Å²) in [6.45, 7) is 15.4. The zero-order valence-electron chi connectivity index (χ0n) is 28.8. The summed E-state index contributed by atoms with van der Waals surface area (Å²) in [5.41, 5.74) is 10.6. The van der Waals surface area contributed by atoms with Crippen LogP contribution in [0.5, 0.6) is 0 Å². The second-order valence-electron chi connectivity index (χ2n) is 11.2. The fourth-order valence-electron chi connectivity index (χ4n) is 4.64. The Balaban J connectivity index is -0.000000262. The molecule has 4 aromatic carbocycles. The molecule has 0 aliphatic rings. The Morgan fingerprint density at radius 2 is 0.375 bits per heavy atom. The van der Waals surface area contributed by atoms with Crippen molar-refractivity contribution in [3.05, 3.63) is 140 Å². The van der Waals surface area contributed by atoms with Crippen LogP contribution in [0.2, 0.25) is 0 Å². The van der Waals surface area contributed by atoms with Crippen LogP contribution in [0, 0.1) is 55.4 Å². The van der Waals surface area contributed by atoms with Crippen LogP contribution >= 0.6 is 0 Å². The van der Waals surface area contributed by atoms with E-state index in [0.717, 1.165) is 44.5 Å². The molecule has 264 valence electrons. The minimum atomic E-state index is -1.35. The van der Waals surface area contributed by atoms with Crippen LogP contribution < -0.4 is 0 Å². The molecule has 4 aromatic rings. The van der Waals surface area contributed by atoms with E-state index in [2.05, 4.69) is 0 Å². The molecule has 0 saturated heterocycles. The van der Waals surface area contributed by atoms with E-state index < -0.39 is 25.2 Å².